The van der Waals surface area contributed by atoms with Gasteiger partial charge in [-0.3, -0.25) is 4.79 Å². The molecule has 0 aromatic heterocycles. The van der Waals surface area contributed by atoms with Gasteiger partial charge in [-0.1, -0.05) is 56.5 Å². The Bertz CT molecular complexity index is 388. The first-order valence-corrected chi connectivity index (χ1v) is 7.64. The van der Waals surface area contributed by atoms with E-state index < -0.39 is 0 Å². The maximum atomic E-state index is 12.0. The van der Waals surface area contributed by atoms with Gasteiger partial charge in [-0.2, -0.15) is 0 Å². The van der Waals surface area contributed by atoms with Crippen molar-refractivity contribution >= 4 is 5.91 Å². The number of amides is 1. The number of hydrogen-bond acceptors (Lipinski definition) is 1. The predicted molar refractivity (Wildman–Crippen MR) is 79.0 cm³/mol. The highest BCUT2D eigenvalue weighted by atomic mass is 16.2. The zero-order valence-electron chi connectivity index (χ0n) is 12.0. The highest BCUT2D eigenvalue weighted by Gasteiger charge is 2.27. The Morgan fingerprint density at radius 2 is 2.00 bits per heavy atom. The largest absolute Gasteiger partial charge is 0.339 e. The van der Waals surface area contributed by atoms with Gasteiger partial charge in [-0.15, -0.1) is 0 Å². The Morgan fingerprint density at radius 3 is 2.63 bits per heavy atom. The van der Waals surface area contributed by atoms with Crippen molar-refractivity contribution in [1.29, 1.82) is 0 Å². The molecule has 0 saturated carbocycles. The first-order chi connectivity index (χ1) is 9.31. The van der Waals surface area contributed by atoms with Gasteiger partial charge in [0, 0.05) is 19.0 Å². The monoisotopic (exact) mass is 259 g/mol. The zero-order chi connectivity index (χ0) is 13.5. The molecule has 2 heteroatoms. The summed E-state index contributed by atoms with van der Waals surface area (Å²) in [6.45, 7) is 3.19. The molecule has 1 saturated heterocycles. The number of hydrogen-bond donors (Lipinski definition) is 0. The van der Waals surface area contributed by atoms with Crippen LogP contribution in [0.15, 0.2) is 30.3 Å². The van der Waals surface area contributed by atoms with E-state index in [1.54, 1.807) is 0 Å². The summed E-state index contributed by atoms with van der Waals surface area (Å²) in [4.78, 5) is 14.1. The molecule has 1 aromatic rings. The molecule has 0 radical (unpaired) electrons. The van der Waals surface area contributed by atoms with Gasteiger partial charge in [-0.25, -0.2) is 0 Å². The second-order valence-electron chi connectivity index (χ2n) is 5.53. The molecule has 1 aliphatic heterocycles. The second-order valence-corrected chi connectivity index (χ2v) is 5.53. The van der Waals surface area contributed by atoms with Crippen molar-refractivity contribution in [2.24, 2.45) is 0 Å². The van der Waals surface area contributed by atoms with Crippen LogP contribution in [-0.2, 0) is 11.2 Å². The minimum atomic E-state index is 0.359. The van der Waals surface area contributed by atoms with Gasteiger partial charge in [0.05, 0.1) is 0 Å². The standard InChI is InChI=1S/C17H25NO/c1-2-3-5-11-16(18-13-8-12-17(18)19)14-15-9-6-4-7-10-15/h4,6-7,9-10,16H,2-3,5,8,11-14H2,1H3. The first kappa shape index (κ1) is 14.1. The molecule has 1 aliphatic rings. The van der Waals surface area contributed by atoms with Crippen molar-refractivity contribution in [2.75, 3.05) is 6.54 Å². The molecule has 1 amide bonds. The average Bonchev–Trinajstić information content (AvgIpc) is 2.85. The van der Waals surface area contributed by atoms with Gasteiger partial charge in [0.1, 0.15) is 0 Å². The summed E-state index contributed by atoms with van der Waals surface area (Å²) >= 11 is 0. The molecule has 19 heavy (non-hydrogen) atoms. The molecular formula is C17H25NO. The van der Waals surface area contributed by atoms with E-state index >= 15 is 0 Å². The molecular weight excluding hydrogens is 234 g/mol. The van der Waals surface area contributed by atoms with E-state index in [2.05, 4.69) is 42.2 Å². The molecule has 1 heterocycles. The van der Waals surface area contributed by atoms with E-state index in [9.17, 15) is 4.79 Å². The van der Waals surface area contributed by atoms with Gasteiger partial charge in [0.25, 0.3) is 0 Å². The number of unbranched alkanes of at least 4 members (excludes halogenated alkanes) is 2. The van der Waals surface area contributed by atoms with Crippen LogP contribution in [0.5, 0.6) is 0 Å². The Morgan fingerprint density at radius 1 is 1.21 bits per heavy atom. The second kappa shape index (κ2) is 7.32. The van der Waals surface area contributed by atoms with E-state index in [1.165, 1.54) is 24.8 Å². The van der Waals surface area contributed by atoms with E-state index in [1.807, 2.05) is 0 Å². The minimum absolute atomic E-state index is 0.359. The number of benzene rings is 1. The quantitative estimate of drug-likeness (QED) is 0.682. The lowest BCUT2D eigenvalue weighted by Gasteiger charge is -2.28. The molecule has 0 bridgehead atoms. The third-order valence-corrected chi connectivity index (χ3v) is 4.01. The zero-order valence-corrected chi connectivity index (χ0v) is 12.0. The molecule has 0 N–H and O–H groups in total. The van der Waals surface area contributed by atoms with E-state index in [0.717, 1.165) is 32.2 Å². The lowest BCUT2D eigenvalue weighted by Crippen LogP contribution is -2.37. The van der Waals surface area contributed by atoms with Crippen LogP contribution in [0.2, 0.25) is 0 Å². The van der Waals surface area contributed by atoms with Crippen LogP contribution < -0.4 is 0 Å². The van der Waals surface area contributed by atoms with Crippen molar-refractivity contribution in [3.63, 3.8) is 0 Å². The number of carbonyl (C=O) groups excluding carboxylic acids is 1. The first-order valence-electron chi connectivity index (χ1n) is 7.64. The summed E-state index contributed by atoms with van der Waals surface area (Å²) in [5.74, 6) is 0.359. The Labute approximate surface area is 116 Å². The van der Waals surface area contributed by atoms with Crippen molar-refractivity contribution in [2.45, 2.75) is 57.9 Å². The molecule has 1 aromatic carbocycles. The Balaban J connectivity index is 1.99. The molecule has 0 aliphatic carbocycles. The van der Waals surface area contributed by atoms with Gasteiger partial charge in [0.2, 0.25) is 5.91 Å². The number of carbonyl (C=O) groups is 1. The predicted octanol–water partition coefficient (Wildman–Crippen LogP) is 3.80. The molecule has 1 unspecified atom stereocenters. The third kappa shape index (κ3) is 4.09. The SMILES string of the molecule is CCCCCC(Cc1ccccc1)N1CCCC1=O. The maximum Gasteiger partial charge on any atom is 0.222 e. The van der Waals surface area contributed by atoms with Crippen LogP contribution in [0.3, 0.4) is 0 Å². The smallest absolute Gasteiger partial charge is 0.222 e. The summed E-state index contributed by atoms with van der Waals surface area (Å²) in [6.07, 6.45) is 7.69. The van der Waals surface area contributed by atoms with Crippen LogP contribution in [0.25, 0.3) is 0 Å². The van der Waals surface area contributed by atoms with Crippen molar-refractivity contribution < 1.29 is 4.79 Å². The minimum Gasteiger partial charge on any atom is -0.339 e. The van der Waals surface area contributed by atoms with E-state index in [4.69, 9.17) is 0 Å². The number of likely N-dealkylation sites (tertiary alicyclic amines) is 1. The molecule has 0 spiro atoms. The van der Waals surface area contributed by atoms with Crippen molar-refractivity contribution in [3.05, 3.63) is 35.9 Å². The van der Waals surface area contributed by atoms with Gasteiger partial charge >= 0.3 is 0 Å². The Kier molecular flexibility index (Phi) is 5.44. The fraction of sp³-hybridized carbons (Fsp3) is 0.588. The molecule has 1 fully saturated rings. The fourth-order valence-electron chi connectivity index (χ4n) is 2.94. The highest BCUT2D eigenvalue weighted by molar-refractivity contribution is 5.78. The van der Waals surface area contributed by atoms with Crippen LogP contribution in [0.4, 0.5) is 0 Å². The van der Waals surface area contributed by atoms with Crippen LogP contribution >= 0.6 is 0 Å². The summed E-state index contributed by atoms with van der Waals surface area (Å²) in [7, 11) is 0. The molecule has 1 atom stereocenters. The highest BCUT2D eigenvalue weighted by Crippen LogP contribution is 2.21. The molecule has 2 nitrogen and oxygen atoms in total. The van der Waals surface area contributed by atoms with E-state index in [0.29, 0.717) is 11.9 Å². The van der Waals surface area contributed by atoms with Crippen LogP contribution in [0, 0.1) is 0 Å². The fourth-order valence-corrected chi connectivity index (χ4v) is 2.94. The Hall–Kier alpha value is -1.31. The van der Waals surface area contributed by atoms with Gasteiger partial charge in [-0.05, 0) is 24.8 Å². The van der Waals surface area contributed by atoms with Crippen molar-refractivity contribution in [3.8, 4) is 0 Å². The molecule has 104 valence electrons. The topological polar surface area (TPSA) is 20.3 Å². The van der Waals surface area contributed by atoms with E-state index in [-0.39, 0.29) is 0 Å². The van der Waals surface area contributed by atoms with Gasteiger partial charge in [0.15, 0.2) is 0 Å². The average molecular weight is 259 g/mol. The third-order valence-electron chi connectivity index (χ3n) is 4.01. The normalized spacial score (nSPS) is 16.9. The number of rotatable bonds is 7. The van der Waals surface area contributed by atoms with Crippen molar-refractivity contribution in [1.82, 2.24) is 4.90 Å². The van der Waals surface area contributed by atoms with Gasteiger partial charge < -0.3 is 4.90 Å². The lowest BCUT2D eigenvalue weighted by molar-refractivity contribution is -0.129. The summed E-state index contributed by atoms with van der Waals surface area (Å²) in [5.41, 5.74) is 1.35. The maximum absolute atomic E-state index is 12.0. The lowest BCUT2D eigenvalue weighted by atomic mass is 9.99. The summed E-state index contributed by atoms with van der Waals surface area (Å²) < 4.78 is 0. The summed E-state index contributed by atoms with van der Waals surface area (Å²) in [6, 6.07) is 11.0. The number of nitrogens with zero attached hydrogens (tertiary/aromatic N) is 1. The van der Waals surface area contributed by atoms with Crippen LogP contribution in [0.1, 0.15) is 51.0 Å². The molecule has 2 rings (SSSR count). The summed E-state index contributed by atoms with van der Waals surface area (Å²) in [5, 5.41) is 0. The van der Waals surface area contributed by atoms with Crippen LogP contribution in [-0.4, -0.2) is 23.4 Å².